The second kappa shape index (κ2) is 6.79. The minimum Gasteiger partial charge on any atom is -0.497 e. The summed E-state index contributed by atoms with van der Waals surface area (Å²) in [5, 5.41) is 3.35. The fraction of sp³-hybridized carbons (Fsp3) is 0.188. The van der Waals surface area contributed by atoms with Crippen molar-refractivity contribution >= 4 is 33.9 Å². The van der Waals surface area contributed by atoms with Crippen molar-refractivity contribution in [3.05, 3.63) is 42.4 Å². The van der Waals surface area contributed by atoms with Crippen LogP contribution in [0.2, 0.25) is 0 Å². The molecule has 3 aromatic rings. The Kier molecular flexibility index (Phi) is 4.57. The Morgan fingerprint density at radius 3 is 2.71 bits per heavy atom. The van der Waals surface area contributed by atoms with Gasteiger partial charge in [-0.15, -0.1) is 0 Å². The number of amides is 1. The topological polar surface area (TPSA) is 95.1 Å². The molecular weight excluding hydrogens is 326 g/mol. The number of carbonyl (C=O) groups is 1. The van der Waals surface area contributed by atoms with Crippen molar-refractivity contribution in [2.75, 3.05) is 19.5 Å². The molecule has 0 saturated heterocycles. The van der Waals surface area contributed by atoms with Crippen LogP contribution >= 0.6 is 11.8 Å². The number of fused-ring (bicyclic) bond motifs is 1. The molecule has 2 heterocycles. The summed E-state index contributed by atoms with van der Waals surface area (Å²) in [5.74, 6) is 1.47. The zero-order chi connectivity index (χ0) is 17.1. The van der Waals surface area contributed by atoms with Crippen molar-refractivity contribution in [1.82, 2.24) is 14.5 Å². The lowest BCUT2D eigenvalue weighted by molar-refractivity contribution is 0.267. The molecule has 7 nitrogen and oxygen atoms in total. The van der Waals surface area contributed by atoms with E-state index >= 15 is 0 Å². The number of hydrogen-bond donors (Lipinski definition) is 2. The molecule has 8 heteroatoms. The van der Waals surface area contributed by atoms with Crippen molar-refractivity contribution in [3.8, 4) is 5.75 Å². The van der Waals surface area contributed by atoms with Crippen molar-refractivity contribution < 1.29 is 9.53 Å². The number of carbonyl (C=O) groups excluding carboxylic acids is 1. The van der Waals surface area contributed by atoms with Crippen molar-refractivity contribution in [1.29, 1.82) is 0 Å². The number of methoxy groups -OCH3 is 1. The quantitative estimate of drug-likeness (QED) is 0.692. The summed E-state index contributed by atoms with van der Waals surface area (Å²) in [6, 6.07) is 7.81. The Hall–Kier alpha value is -2.74. The molecule has 0 radical (unpaired) electrons. The van der Waals surface area contributed by atoms with Gasteiger partial charge in [-0.05, 0) is 29.5 Å². The van der Waals surface area contributed by atoms with Crippen LogP contribution < -0.4 is 15.8 Å². The number of nitrogens with one attached hydrogen (secondary N) is 1. The van der Waals surface area contributed by atoms with Gasteiger partial charge in [-0.25, -0.2) is 9.97 Å². The van der Waals surface area contributed by atoms with E-state index in [9.17, 15) is 4.79 Å². The summed E-state index contributed by atoms with van der Waals surface area (Å²) < 4.78 is 7.15. The smallest absolute Gasteiger partial charge is 0.281 e. The standard InChI is InChI=1S/C16H17N5O2S/c1-18-14-13-12(24-16(17)22)8-21(15(13)20-9-19-14)7-10-3-5-11(23-2)6-4-10/h3-6,8-9H,7H2,1-2H3,(H2,17,22)(H,18,19,20). The third-order valence-corrected chi connectivity index (χ3v) is 4.31. The highest BCUT2D eigenvalue weighted by Crippen LogP contribution is 2.33. The second-order valence-electron chi connectivity index (χ2n) is 5.06. The SMILES string of the molecule is CNc1ncnc2c1c(SC(N)=O)cn2Cc1ccc(OC)cc1. The predicted octanol–water partition coefficient (Wildman–Crippen LogP) is 2.70. The number of nitrogens with two attached hydrogens (primary N) is 1. The first-order valence-corrected chi connectivity index (χ1v) is 8.06. The average molecular weight is 343 g/mol. The molecule has 0 atom stereocenters. The molecule has 1 aromatic carbocycles. The van der Waals surface area contributed by atoms with E-state index in [-0.39, 0.29) is 0 Å². The number of nitrogens with zero attached hydrogens (tertiary/aromatic N) is 3. The van der Waals surface area contributed by atoms with Gasteiger partial charge in [0.2, 0.25) is 0 Å². The van der Waals surface area contributed by atoms with E-state index in [2.05, 4.69) is 15.3 Å². The Labute approximate surface area is 143 Å². The number of anilines is 1. The Bertz CT molecular complexity index is 876. The largest absolute Gasteiger partial charge is 0.497 e. The third kappa shape index (κ3) is 3.13. The highest BCUT2D eigenvalue weighted by atomic mass is 32.2. The van der Waals surface area contributed by atoms with E-state index in [1.807, 2.05) is 35.0 Å². The van der Waals surface area contributed by atoms with Crippen LogP contribution in [-0.4, -0.2) is 33.9 Å². The molecule has 3 N–H and O–H groups in total. The van der Waals surface area contributed by atoms with Crippen LogP contribution in [0.5, 0.6) is 5.75 Å². The van der Waals surface area contributed by atoms with E-state index in [4.69, 9.17) is 10.5 Å². The van der Waals surface area contributed by atoms with E-state index < -0.39 is 5.24 Å². The van der Waals surface area contributed by atoms with Crippen LogP contribution in [0.1, 0.15) is 5.56 Å². The summed E-state index contributed by atoms with van der Waals surface area (Å²) in [5.41, 5.74) is 7.18. The van der Waals surface area contributed by atoms with Crippen LogP contribution in [0, 0.1) is 0 Å². The third-order valence-electron chi connectivity index (χ3n) is 3.58. The van der Waals surface area contributed by atoms with Gasteiger partial charge in [-0.2, -0.15) is 0 Å². The molecule has 0 unspecified atom stereocenters. The van der Waals surface area contributed by atoms with Gasteiger partial charge >= 0.3 is 0 Å². The highest BCUT2D eigenvalue weighted by molar-refractivity contribution is 8.13. The van der Waals surface area contributed by atoms with Gasteiger partial charge < -0.3 is 20.4 Å². The molecule has 0 fully saturated rings. The number of aromatic nitrogens is 3. The van der Waals surface area contributed by atoms with Gasteiger partial charge in [0, 0.05) is 24.7 Å². The fourth-order valence-electron chi connectivity index (χ4n) is 2.51. The van der Waals surface area contributed by atoms with E-state index in [0.29, 0.717) is 12.4 Å². The minimum absolute atomic E-state index is 0.468. The number of primary amides is 1. The predicted molar refractivity (Wildman–Crippen MR) is 94.6 cm³/mol. The van der Waals surface area contributed by atoms with Crippen LogP contribution in [0.4, 0.5) is 10.6 Å². The lowest BCUT2D eigenvalue weighted by Crippen LogP contribution is -2.01. The molecule has 3 rings (SSSR count). The fourth-order valence-corrected chi connectivity index (χ4v) is 3.20. The monoisotopic (exact) mass is 343 g/mol. The maximum atomic E-state index is 11.4. The van der Waals surface area contributed by atoms with Crippen LogP contribution in [0.15, 0.2) is 41.7 Å². The van der Waals surface area contributed by atoms with Gasteiger partial charge in [0.05, 0.1) is 12.5 Å². The Balaban J connectivity index is 2.05. The first kappa shape index (κ1) is 16.1. The molecule has 2 aromatic heterocycles. The zero-order valence-corrected chi connectivity index (χ0v) is 14.1. The lowest BCUT2D eigenvalue weighted by Gasteiger charge is -2.07. The van der Waals surface area contributed by atoms with Gasteiger partial charge in [0.25, 0.3) is 5.24 Å². The van der Waals surface area contributed by atoms with Gasteiger partial charge in [0.1, 0.15) is 23.5 Å². The highest BCUT2D eigenvalue weighted by Gasteiger charge is 2.16. The van der Waals surface area contributed by atoms with Crippen molar-refractivity contribution in [2.24, 2.45) is 5.73 Å². The minimum atomic E-state index is -0.468. The summed E-state index contributed by atoms with van der Waals surface area (Å²) >= 11 is 0.973. The average Bonchev–Trinajstić information content (AvgIpc) is 2.92. The normalized spacial score (nSPS) is 10.8. The van der Waals surface area contributed by atoms with Crippen LogP contribution in [0.25, 0.3) is 11.0 Å². The Morgan fingerprint density at radius 2 is 2.08 bits per heavy atom. The summed E-state index contributed by atoms with van der Waals surface area (Å²) in [4.78, 5) is 20.7. The molecule has 0 spiro atoms. The maximum Gasteiger partial charge on any atom is 0.281 e. The molecule has 0 aliphatic carbocycles. The molecule has 24 heavy (non-hydrogen) atoms. The molecule has 0 aliphatic rings. The first-order chi connectivity index (χ1) is 11.6. The van der Waals surface area contributed by atoms with Crippen LogP contribution in [0.3, 0.4) is 0 Å². The lowest BCUT2D eigenvalue weighted by atomic mass is 10.2. The van der Waals surface area contributed by atoms with Crippen molar-refractivity contribution in [2.45, 2.75) is 11.4 Å². The summed E-state index contributed by atoms with van der Waals surface area (Å²) in [7, 11) is 3.42. The Morgan fingerprint density at radius 1 is 1.33 bits per heavy atom. The molecule has 0 aliphatic heterocycles. The molecular formula is C16H17N5O2S. The molecule has 0 bridgehead atoms. The summed E-state index contributed by atoms with van der Waals surface area (Å²) in [6.45, 7) is 0.611. The van der Waals surface area contributed by atoms with Crippen molar-refractivity contribution in [3.63, 3.8) is 0 Å². The number of rotatable bonds is 5. The van der Waals surface area contributed by atoms with Gasteiger partial charge in [-0.3, -0.25) is 4.79 Å². The number of thioether (sulfide) groups is 1. The number of benzene rings is 1. The molecule has 124 valence electrons. The second-order valence-corrected chi connectivity index (χ2v) is 6.11. The van der Waals surface area contributed by atoms with E-state index in [1.54, 1.807) is 14.2 Å². The van der Waals surface area contributed by atoms with E-state index in [1.165, 1.54) is 6.33 Å². The molecule has 1 amide bonds. The summed E-state index contributed by atoms with van der Waals surface area (Å²) in [6.07, 6.45) is 3.37. The first-order valence-electron chi connectivity index (χ1n) is 7.24. The maximum absolute atomic E-state index is 11.4. The van der Waals surface area contributed by atoms with Gasteiger partial charge in [0.15, 0.2) is 0 Å². The van der Waals surface area contributed by atoms with Gasteiger partial charge in [-0.1, -0.05) is 12.1 Å². The molecule has 0 saturated carbocycles. The number of hydrogen-bond acceptors (Lipinski definition) is 6. The van der Waals surface area contributed by atoms with Crippen LogP contribution in [-0.2, 0) is 6.54 Å². The zero-order valence-electron chi connectivity index (χ0n) is 13.3. The number of ether oxygens (including phenoxy) is 1. The van der Waals surface area contributed by atoms with E-state index in [0.717, 1.165) is 39.0 Å².